The van der Waals surface area contributed by atoms with E-state index in [4.69, 9.17) is 16.2 Å². The van der Waals surface area contributed by atoms with Gasteiger partial charge in [0.1, 0.15) is 0 Å². The molecule has 0 fully saturated rings. The molecule has 1 unspecified atom stereocenters. The zero-order valence-electron chi connectivity index (χ0n) is 10.9. The average Bonchev–Trinajstić information content (AvgIpc) is 2.40. The Morgan fingerprint density at radius 2 is 2.28 bits per heavy atom. The van der Waals surface area contributed by atoms with Crippen LogP contribution in [0.1, 0.15) is 13.3 Å². The van der Waals surface area contributed by atoms with Crippen LogP contribution < -0.4 is 16.8 Å². The third-order valence-corrected chi connectivity index (χ3v) is 2.58. The van der Waals surface area contributed by atoms with Crippen LogP contribution >= 0.6 is 12.1 Å². The Bertz CT molecular complexity index is 249. The molecule has 6 heteroatoms. The molecule has 5 N–H and O–H groups in total. The summed E-state index contributed by atoms with van der Waals surface area (Å²) in [4.78, 5) is 0. The summed E-state index contributed by atoms with van der Waals surface area (Å²) in [6.07, 6.45) is 6.73. The quantitative estimate of drug-likeness (QED) is 0.302. The SMILES string of the molecule is C/C=C(\C=C/CCOCCSF)CNC(N)CN. The Morgan fingerprint density at radius 3 is 2.89 bits per heavy atom. The number of nitrogens with one attached hydrogen (secondary N) is 1. The molecule has 0 saturated carbocycles. The summed E-state index contributed by atoms with van der Waals surface area (Å²) in [6, 6.07) is 0. The predicted octanol–water partition coefficient (Wildman–Crippen LogP) is 1.35. The zero-order valence-corrected chi connectivity index (χ0v) is 11.7. The van der Waals surface area contributed by atoms with Gasteiger partial charge in [0.25, 0.3) is 0 Å². The molecule has 0 aliphatic carbocycles. The molecule has 0 aromatic rings. The Balaban J connectivity index is 3.65. The van der Waals surface area contributed by atoms with Crippen LogP contribution in [-0.2, 0) is 4.74 Å². The van der Waals surface area contributed by atoms with E-state index in [2.05, 4.69) is 5.32 Å². The van der Waals surface area contributed by atoms with Gasteiger partial charge < -0.3 is 16.2 Å². The number of hydrogen-bond donors (Lipinski definition) is 3. The maximum absolute atomic E-state index is 11.7. The van der Waals surface area contributed by atoms with Crippen molar-refractivity contribution in [1.29, 1.82) is 0 Å². The van der Waals surface area contributed by atoms with E-state index in [1.54, 1.807) is 0 Å². The van der Waals surface area contributed by atoms with E-state index in [0.717, 1.165) is 12.0 Å². The molecule has 0 amide bonds. The largest absolute Gasteiger partial charge is 0.380 e. The van der Waals surface area contributed by atoms with Crippen LogP contribution in [-0.4, -0.2) is 38.2 Å². The van der Waals surface area contributed by atoms with E-state index >= 15 is 0 Å². The van der Waals surface area contributed by atoms with Crippen molar-refractivity contribution in [2.75, 3.05) is 32.1 Å². The molecule has 4 nitrogen and oxygen atoms in total. The summed E-state index contributed by atoms with van der Waals surface area (Å²) in [5.41, 5.74) is 12.2. The van der Waals surface area contributed by atoms with Gasteiger partial charge in [-0.3, -0.25) is 5.32 Å². The van der Waals surface area contributed by atoms with E-state index in [1.165, 1.54) is 0 Å². The van der Waals surface area contributed by atoms with Gasteiger partial charge in [-0.2, -0.15) is 3.89 Å². The zero-order chi connectivity index (χ0) is 13.6. The van der Waals surface area contributed by atoms with Crippen molar-refractivity contribution in [2.24, 2.45) is 11.5 Å². The molecule has 18 heavy (non-hydrogen) atoms. The second-order valence-corrected chi connectivity index (χ2v) is 4.33. The van der Waals surface area contributed by atoms with Crippen LogP contribution in [0.2, 0.25) is 0 Å². The number of rotatable bonds is 11. The van der Waals surface area contributed by atoms with Gasteiger partial charge in [-0.05, 0) is 18.9 Å². The van der Waals surface area contributed by atoms with Crippen molar-refractivity contribution in [1.82, 2.24) is 5.32 Å². The fourth-order valence-electron chi connectivity index (χ4n) is 1.17. The normalized spacial score (nSPS) is 14.3. The summed E-state index contributed by atoms with van der Waals surface area (Å²) in [7, 11) is 0. The van der Waals surface area contributed by atoms with Crippen molar-refractivity contribution >= 4 is 12.1 Å². The second kappa shape index (κ2) is 13.0. The number of halogens is 1. The lowest BCUT2D eigenvalue weighted by Gasteiger charge is -2.11. The maximum Gasteiger partial charge on any atom is 0.0675 e. The van der Waals surface area contributed by atoms with Crippen molar-refractivity contribution < 1.29 is 8.62 Å². The van der Waals surface area contributed by atoms with Gasteiger partial charge in [0, 0.05) is 31.0 Å². The van der Waals surface area contributed by atoms with Crippen LogP contribution in [0.5, 0.6) is 0 Å². The van der Waals surface area contributed by atoms with Crippen molar-refractivity contribution in [3.8, 4) is 0 Å². The lowest BCUT2D eigenvalue weighted by molar-refractivity contribution is 0.155. The molecule has 106 valence electrons. The number of allylic oxidation sites excluding steroid dienone is 1. The fraction of sp³-hybridized carbons (Fsp3) is 0.667. The predicted molar refractivity (Wildman–Crippen MR) is 76.9 cm³/mol. The lowest BCUT2D eigenvalue weighted by Crippen LogP contribution is -2.44. The van der Waals surface area contributed by atoms with Gasteiger partial charge in [-0.15, -0.1) is 0 Å². The first-order valence-corrected chi connectivity index (χ1v) is 6.95. The molecule has 0 aromatic carbocycles. The van der Waals surface area contributed by atoms with Crippen LogP contribution in [0.4, 0.5) is 3.89 Å². The number of ether oxygens (including phenoxy) is 1. The monoisotopic (exact) mass is 277 g/mol. The van der Waals surface area contributed by atoms with E-state index in [1.807, 2.05) is 25.2 Å². The van der Waals surface area contributed by atoms with Crippen molar-refractivity contribution in [2.45, 2.75) is 19.5 Å². The van der Waals surface area contributed by atoms with Gasteiger partial charge in [0.2, 0.25) is 0 Å². The smallest absolute Gasteiger partial charge is 0.0675 e. The number of hydrogen-bond acceptors (Lipinski definition) is 5. The molecule has 0 spiro atoms. The van der Waals surface area contributed by atoms with Crippen LogP contribution in [0, 0.1) is 0 Å². The Morgan fingerprint density at radius 1 is 1.50 bits per heavy atom. The minimum Gasteiger partial charge on any atom is -0.380 e. The average molecular weight is 277 g/mol. The Kier molecular flexibility index (Phi) is 12.8. The molecular weight excluding hydrogens is 253 g/mol. The molecular formula is C12H24FN3OS. The minimum absolute atomic E-state index is 0.171. The number of nitrogens with two attached hydrogens (primary N) is 2. The second-order valence-electron chi connectivity index (χ2n) is 3.70. The maximum atomic E-state index is 11.7. The fourth-order valence-corrected chi connectivity index (χ4v) is 1.35. The first kappa shape index (κ1) is 17.6. The van der Waals surface area contributed by atoms with Crippen LogP contribution in [0.25, 0.3) is 0 Å². The summed E-state index contributed by atoms with van der Waals surface area (Å²) >= 11 is 0.303. The standard InChI is InChI=1S/C12H24FN3OS/c1-2-11(10-16-12(15)9-14)5-3-4-6-17-7-8-18-13/h2-3,5,12,16H,4,6-10,14-15H2,1H3/b5-3-,11-2+. The minimum atomic E-state index is -0.171. The molecule has 0 bridgehead atoms. The van der Waals surface area contributed by atoms with Crippen LogP contribution in [0.3, 0.4) is 0 Å². The molecule has 0 heterocycles. The van der Waals surface area contributed by atoms with E-state index in [-0.39, 0.29) is 6.17 Å². The first-order valence-electron chi connectivity index (χ1n) is 6.06. The topological polar surface area (TPSA) is 73.3 Å². The highest BCUT2D eigenvalue weighted by Gasteiger charge is 1.97. The summed E-state index contributed by atoms with van der Waals surface area (Å²) in [6.45, 7) is 4.17. The van der Waals surface area contributed by atoms with Gasteiger partial charge in [0.05, 0.1) is 19.4 Å². The van der Waals surface area contributed by atoms with Gasteiger partial charge in [-0.1, -0.05) is 18.2 Å². The summed E-state index contributed by atoms with van der Waals surface area (Å²) < 4.78 is 16.9. The highest BCUT2D eigenvalue weighted by atomic mass is 32.2. The summed E-state index contributed by atoms with van der Waals surface area (Å²) in [5.74, 6) is 0.394. The van der Waals surface area contributed by atoms with Gasteiger partial charge in [0.15, 0.2) is 0 Å². The molecule has 0 radical (unpaired) electrons. The molecule has 0 saturated heterocycles. The Hall–Kier alpha value is -0.400. The highest BCUT2D eigenvalue weighted by molar-refractivity contribution is 7.94. The molecule has 0 aliphatic rings. The molecule has 0 aromatic heterocycles. The van der Waals surface area contributed by atoms with E-state index < -0.39 is 0 Å². The van der Waals surface area contributed by atoms with Gasteiger partial charge >= 0.3 is 0 Å². The van der Waals surface area contributed by atoms with Gasteiger partial charge in [-0.25, -0.2) is 0 Å². The molecule has 0 aliphatic heterocycles. The first-order chi connectivity index (χ1) is 8.74. The highest BCUT2D eigenvalue weighted by Crippen LogP contribution is 2.00. The molecule has 0 rings (SSSR count). The molecule has 1 atom stereocenters. The van der Waals surface area contributed by atoms with Crippen LogP contribution in [0.15, 0.2) is 23.8 Å². The third-order valence-electron chi connectivity index (χ3n) is 2.26. The third kappa shape index (κ3) is 10.7. The Labute approximate surface area is 113 Å². The lowest BCUT2D eigenvalue weighted by atomic mass is 10.2. The van der Waals surface area contributed by atoms with Crippen molar-refractivity contribution in [3.63, 3.8) is 0 Å². The summed E-state index contributed by atoms with van der Waals surface area (Å²) in [5, 5.41) is 3.11. The van der Waals surface area contributed by atoms with E-state index in [0.29, 0.717) is 44.2 Å². The van der Waals surface area contributed by atoms with Crippen molar-refractivity contribution in [3.05, 3.63) is 23.8 Å². The van der Waals surface area contributed by atoms with E-state index in [9.17, 15) is 3.89 Å².